The van der Waals surface area contributed by atoms with Gasteiger partial charge >= 0.3 is 5.97 Å². The summed E-state index contributed by atoms with van der Waals surface area (Å²) in [6.45, 7) is 1.68. The molecule has 0 bridgehead atoms. The Balaban J connectivity index is 1.49. The minimum Gasteiger partial charge on any atom is -0.468 e. The maximum absolute atomic E-state index is 12.1. The number of rotatable bonds is 5. The molecule has 1 N–H and O–H groups in total. The van der Waals surface area contributed by atoms with E-state index in [-0.39, 0.29) is 24.5 Å². The first-order valence-corrected chi connectivity index (χ1v) is 7.22. The number of likely N-dealkylation sites (tertiary alicyclic amines) is 1. The Morgan fingerprint density at radius 2 is 2.29 bits per heavy atom. The molecule has 1 saturated carbocycles. The Bertz CT molecular complexity index is 538. The number of hydrogen-bond donors (Lipinski definition) is 1. The molecule has 3 rings (SSSR count). The molecular formula is C14H19N3O4. The molecule has 1 aliphatic heterocycles. The van der Waals surface area contributed by atoms with Crippen molar-refractivity contribution < 1.29 is 18.8 Å². The summed E-state index contributed by atoms with van der Waals surface area (Å²) < 4.78 is 9.82. The highest BCUT2D eigenvalue weighted by molar-refractivity contribution is 5.92. The Morgan fingerprint density at radius 3 is 3.00 bits per heavy atom. The van der Waals surface area contributed by atoms with Crippen molar-refractivity contribution in [2.45, 2.75) is 31.2 Å². The van der Waals surface area contributed by atoms with Crippen LogP contribution in [0.15, 0.2) is 10.6 Å². The van der Waals surface area contributed by atoms with Crippen molar-refractivity contribution in [1.82, 2.24) is 15.4 Å². The number of carbonyl (C=O) groups excluding carboxylic acids is 2. The van der Waals surface area contributed by atoms with Gasteiger partial charge in [0.1, 0.15) is 5.76 Å². The van der Waals surface area contributed by atoms with Crippen LogP contribution in [-0.4, -0.2) is 54.7 Å². The number of nitrogens with zero attached hydrogens (tertiary/aromatic N) is 2. The second-order valence-corrected chi connectivity index (χ2v) is 5.66. The predicted octanol–water partition coefficient (Wildman–Crippen LogP) is 0.529. The smallest absolute Gasteiger partial charge is 0.319 e. The van der Waals surface area contributed by atoms with Crippen LogP contribution < -0.4 is 5.32 Å². The molecule has 0 aromatic carbocycles. The number of hydrogen-bond acceptors (Lipinski definition) is 6. The molecule has 7 nitrogen and oxygen atoms in total. The molecule has 0 spiro atoms. The van der Waals surface area contributed by atoms with Crippen molar-refractivity contribution in [2.24, 2.45) is 0 Å². The van der Waals surface area contributed by atoms with Crippen molar-refractivity contribution in [3.05, 3.63) is 17.5 Å². The van der Waals surface area contributed by atoms with Crippen LogP contribution in [0, 0.1) is 0 Å². The van der Waals surface area contributed by atoms with E-state index in [0.29, 0.717) is 18.2 Å². The second-order valence-electron chi connectivity index (χ2n) is 5.66. The first-order chi connectivity index (χ1) is 10.2. The number of methoxy groups -OCH3 is 1. The molecule has 1 amide bonds. The third kappa shape index (κ3) is 3.41. The van der Waals surface area contributed by atoms with Crippen LogP contribution in [0.2, 0.25) is 0 Å². The molecule has 1 aromatic rings. The van der Waals surface area contributed by atoms with E-state index < -0.39 is 0 Å². The molecular weight excluding hydrogens is 274 g/mol. The summed E-state index contributed by atoms with van der Waals surface area (Å²) in [5.41, 5.74) is 0.336. The largest absolute Gasteiger partial charge is 0.468 e. The summed E-state index contributed by atoms with van der Waals surface area (Å²) in [4.78, 5) is 25.3. The summed E-state index contributed by atoms with van der Waals surface area (Å²) in [6, 6.07) is 1.76. The number of ether oxygens (including phenoxy) is 1. The zero-order valence-corrected chi connectivity index (χ0v) is 12.0. The van der Waals surface area contributed by atoms with Gasteiger partial charge in [0.05, 0.1) is 13.7 Å². The number of esters is 1. The fourth-order valence-electron chi connectivity index (χ4n) is 2.56. The average molecular weight is 293 g/mol. The van der Waals surface area contributed by atoms with Gasteiger partial charge in [-0.25, -0.2) is 0 Å². The molecule has 1 aliphatic carbocycles. The Hall–Kier alpha value is -1.89. The van der Waals surface area contributed by atoms with E-state index in [2.05, 4.69) is 15.2 Å². The topological polar surface area (TPSA) is 84.7 Å². The van der Waals surface area contributed by atoms with Gasteiger partial charge < -0.3 is 14.6 Å². The second kappa shape index (κ2) is 5.85. The first-order valence-electron chi connectivity index (χ1n) is 7.22. The van der Waals surface area contributed by atoms with Crippen LogP contribution in [0.4, 0.5) is 0 Å². The zero-order chi connectivity index (χ0) is 14.8. The van der Waals surface area contributed by atoms with E-state index in [9.17, 15) is 9.59 Å². The van der Waals surface area contributed by atoms with Gasteiger partial charge in [0.2, 0.25) is 0 Å². The number of aromatic nitrogens is 1. The Morgan fingerprint density at radius 1 is 1.48 bits per heavy atom. The highest BCUT2D eigenvalue weighted by Crippen LogP contribution is 2.40. The monoisotopic (exact) mass is 293 g/mol. The van der Waals surface area contributed by atoms with Crippen molar-refractivity contribution in [1.29, 1.82) is 0 Å². The molecule has 1 atom stereocenters. The predicted molar refractivity (Wildman–Crippen MR) is 72.8 cm³/mol. The lowest BCUT2D eigenvalue weighted by atomic mass is 10.2. The zero-order valence-electron chi connectivity index (χ0n) is 12.0. The summed E-state index contributed by atoms with van der Waals surface area (Å²) in [5.74, 6) is 0.781. The lowest BCUT2D eigenvalue weighted by Gasteiger charge is -2.14. The fraction of sp³-hybridized carbons (Fsp3) is 0.643. The minimum atomic E-state index is -0.257. The molecule has 1 aromatic heterocycles. The highest BCUT2D eigenvalue weighted by atomic mass is 16.5. The maximum Gasteiger partial charge on any atom is 0.319 e. The van der Waals surface area contributed by atoms with Crippen LogP contribution in [0.3, 0.4) is 0 Å². The van der Waals surface area contributed by atoms with Crippen LogP contribution in [0.25, 0.3) is 0 Å². The van der Waals surface area contributed by atoms with Gasteiger partial charge in [-0.3, -0.25) is 14.5 Å². The number of amides is 1. The van der Waals surface area contributed by atoms with Crippen molar-refractivity contribution in [3.63, 3.8) is 0 Å². The van der Waals surface area contributed by atoms with E-state index in [1.54, 1.807) is 6.07 Å². The van der Waals surface area contributed by atoms with Gasteiger partial charge in [-0.05, 0) is 19.3 Å². The van der Waals surface area contributed by atoms with Gasteiger partial charge in [-0.1, -0.05) is 5.16 Å². The molecule has 0 radical (unpaired) electrons. The van der Waals surface area contributed by atoms with Gasteiger partial charge in [0.15, 0.2) is 5.69 Å². The van der Waals surface area contributed by atoms with Crippen molar-refractivity contribution in [3.8, 4) is 0 Å². The van der Waals surface area contributed by atoms with Crippen molar-refractivity contribution in [2.75, 3.05) is 26.7 Å². The summed E-state index contributed by atoms with van der Waals surface area (Å²) in [6.07, 6.45) is 3.04. The third-order valence-electron chi connectivity index (χ3n) is 3.93. The average Bonchev–Trinajstić information content (AvgIpc) is 3.04. The standard InChI is InChI=1S/C14H19N3O4/c1-20-13(18)8-17-5-4-10(7-17)15-14(19)11-6-12(21-16-11)9-2-3-9/h6,9-10H,2-5,7-8H2,1H3,(H,15,19). The van der Waals surface area contributed by atoms with Crippen LogP contribution in [-0.2, 0) is 9.53 Å². The van der Waals surface area contributed by atoms with Gasteiger partial charge in [0, 0.05) is 31.1 Å². The lowest BCUT2D eigenvalue weighted by molar-refractivity contribution is -0.141. The third-order valence-corrected chi connectivity index (χ3v) is 3.93. The van der Waals surface area contributed by atoms with Crippen molar-refractivity contribution >= 4 is 11.9 Å². The first kappa shape index (κ1) is 14.1. The lowest BCUT2D eigenvalue weighted by Crippen LogP contribution is -2.38. The summed E-state index contributed by atoms with van der Waals surface area (Å²) in [7, 11) is 1.37. The molecule has 1 unspecified atom stereocenters. The SMILES string of the molecule is COC(=O)CN1CCC(NC(=O)c2cc(C3CC3)on2)C1. The van der Waals surface area contributed by atoms with E-state index in [1.165, 1.54) is 7.11 Å². The molecule has 1 saturated heterocycles. The summed E-state index contributed by atoms with van der Waals surface area (Å²) >= 11 is 0. The maximum atomic E-state index is 12.1. The molecule has 2 fully saturated rings. The van der Waals surface area contributed by atoms with E-state index in [1.807, 2.05) is 4.90 Å². The van der Waals surface area contributed by atoms with E-state index >= 15 is 0 Å². The minimum absolute atomic E-state index is 0.0308. The fourth-order valence-corrected chi connectivity index (χ4v) is 2.56. The van der Waals surface area contributed by atoms with Gasteiger partial charge in [0.25, 0.3) is 5.91 Å². The summed E-state index contributed by atoms with van der Waals surface area (Å²) in [5, 5.41) is 6.76. The van der Waals surface area contributed by atoms with E-state index in [4.69, 9.17) is 4.52 Å². The highest BCUT2D eigenvalue weighted by Gasteiger charge is 2.30. The van der Waals surface area contributed by atoms with Crippen LogP contribution in [0.1, 0.15) is 41.4 Å². The number of nitrogens with one attached hydrogen (secondary N) is 1. The van der Waals surface area contributed by atoms with Crippen LogP contribution in [0.5, 0.6) is 0 Å². The Labute approximate surface area is 122 Å². The molecule has 21 heavy (non-hydrogen) atoms. The van der Waals surface area contributed by atoms with Gasteiger partial charge in [-0.15, -0.1) is 0 Å². The molecule has 7 heteroatoms. The molecule has 2 aliphatic rings. The molecule has 114 valence electrons. The Kier molecular flexibility index (Phi) is 3.92. The quantitative estimate of drug-likeness (QED) is 0.797. The van der Waals surface area contributed by atoms with Crippen LogP contribution >= 0.6 is 0 Å². The molecule has 2 heterocycles. The normalized spacial score (nSPS) is 22.2. The van der Waals surface area contributed by atoms with E-state index in [0.717, 1.165) is 31.6 Å². The number of carbonyl (C=O) groups is 2. The van der Waals surface area contributed by atoms with Gasteiger partial charge in [-0.2, -0.15) is 0 Å².